The first-order valence-corrected chi connectivity index (χ1v) is 13.5. The highest BCUT2D eigenvalue weighted by Gasteiger charge is 2.45. The molecule has 6 rings (SSSR count). The molecule has 212 valence electrons. The second-order valence-corrected chi connectivity index (χ2v) is 10.6. The van der Waals surface area contributed by atoms with Crippen molar-refractivity contribution in [2.45, 2.75) is 25.7 Å². The Labute approximate surface area is 240 Å². The van der Waals surface area contributed by atoms with Crippen LogP contribution in [-0.2, 0) is 10.2 Å². The van der Waals surface area contributed by atoms with Crippen LogP contribution in [0.5, 0.6) is 0 Å². The van der Waals surface area contributed by atoms with Gasteiger partial charge in [0.1, 0.15) is 28.8 Å². The lowest BCUT2D eigenvalue weighted by atomic mass is 9.78. The number of aromatic nitrogens is 2. The second-order valence-electron chi connectivity index (χ2n) is 10.6. The predicted molar refractivity (Wildman–Crippen MR) is 153 cm³/mol. The number of hydrogen-bond donors (Lipinski definition) is 1. The zero-order chi connectivity index (χ0) is 29.6. The van der Waals surface area contributed by atoms with Gasteiger partial charge < -0.3 is 14.5 Å². The maximum atomic E-state index is 16.5. The lowest BCUT2D eigenvalue weighted by molar-refractivity contribution is -0.0644. The van der Waals surface area contributed by atoms with Crippen molar-refractivity contribution in [1.29, 1.82) is 0 Å². The summed E-state index contributed by atoms with van der Waals surface area (Å²) < 4.78 is 41.5. The number of carbonyl (C=O) groups is 2. The zero-order valence-corrected chi connectivity index (χ0v) is 23.3. The number of benzene rings is 3. The topological polar surface area (TPSA) is 94.3 Å². The van der Waals surface area contributed by atoms with Crippen LogP contribution in [0.25, 0.3) is 33.4 Å². The van der Waals surface area contributed by atoms with Gasteiger partial charge in [-0.05, 0) is 79.1 Å². The van der Waals surface area contributed by atoms with Crippen molar-refractivity contribution in [1.82, 2.24) is 15.3 Å². The minimum atomic E-state index is -0.657. The first-order valence-electron chi connectivity index (χ1n) is 13.5. The molecule has 0 spiro atoms. The maximum absolute atomic E-state index is 16.5. The molecule has 1 amide bonds. The molecular weight excluding hydrogens is 540 g/mol. The molecule has 7 nitrogen and oxygen atoms in total. The standard InChI is InChI=1S/C33H27F2N3O4/c1-18-13-19(2)24(25(39)15-33(16-41-17-33)32-37-11-4-12-38-32)14-23(18)22-9-10-26-27(29(22)35)28(31(40)36-3)30(42-26)20-5-7-21(34)8-6-20/h4-14H,15-17H2,1-3H3,(H,36,40). The van der Waals surface area contributed by atoms with Crippen molar-refractivity contribution in [3.05, 3.63) is 107 Å². The molecule has 3 heterocycles. The van der Waals surface area contributed by atoms with Crippen LogP contribution in [0.2, 0.25) is 0 Å². The average Bonchev–Trinajstić information content (AvgIpc) is 3.36. The van der Waals surface area contributed by atoms with Crippen LogP contribution in [0.1, 0.15) is 44.1 Å². The Morgan fingerprint density at radius 3 is 2.31 bits per heavy atom. The van der Waals surface area contributed by atoms with Crippen molar-refractivity contribution in [2.75, 3.05) is 20.3 Å². The summed E-state index contributed by atoms with van der Waals surface area (Å²) in [6, 6.07) is 13.9. The lowest BCUT2D eigenvalue weighted by Gasteiger charge is -2.39. The summed E-state index contributed by atoms with van der Waals surface area (Å²) in [5.41, 5.74) is 2.73. The van der Waals surface area contributed by atoms with Crippen LogP contribution < -0.4 is 5.32 Å². The highest BCUT2D eigenvalue weighted by molar-refractivity contribution is 6.12. The van der Waals surface area contributed by atoms with Crippen LogP contribution in [-0.4, -0.2) is 41.9 Å². The van der Waals surface area contributed by atoms with E-state index in [-0.39, 0.29) is 40.1 Å². The summed E-state index contributed by atoms with van der Waals surface area (Å²) in [4.78, 5) is 35.5. The van der Waals surface area contributed by atoms with Gasteiger partial charge in [-0.2, -0.15) is 0 Å². The number of nitrogens with one attached hydrogen (secondary N) is 1. The highest BCUT2D eigenvalue weighted by Crippen LogP contribution is 2.40. The fraction of sp³-hybridized carbons (Fsp3) is 0.212. The van der Waals surface area contributed by atoms with Crippen molar-refractivity contribution in [3.63, 3.8) is 0 Å². The molecule has 0 unspecified atom stereocenters. The first kappa shape index (κ1) is 27.4. The van der Waals surface area contributed by atoms with Gasteiger partial charge in [-0.3, -0.25) is 9.59 Å². The number of halogens is 2. The Kier molecular flexibility index (Phi) is 6.90. The highest BCUT2D eigenvalue weighted by atomic mass is 19.1. The van der Waals surface area contributed by atoms with Crippen LogP contribution >= 0.6 is 0 Å². The number of ether oxygens (including phenoxy) is 1. The largest absolute Gasteiger partial charge is 0.455 e. The molecule has 0 atom stereocenters. The molecule has 0 radical (unpaired) electrons. The number of hydrogen-bond acceptors (Lipinski definition) is 6. The molecule has 1 fully saturated rings. The molecule has 0 bridgehead atoms. The van der Waals surface area contributed by atoms with Crippen LogP contribution in [0, 0.1) is 25.5 Å². The smallest absolute Gasteiger partial charge is 0.255 e. The minimum Gasteiger partial charge on any atom is -0.455 e. The van der Waals surface area contributed by atoms with E-state index in [0.717, 1.165) is 11.1 Å². The molecule has 0 saturated carbocycles. The Balaban J connectivity index is 1.45. The number of aryl methyl sites for hydroxylation is 2. The van der Waals surface area contributed by atoms with Crippen LogP contribution in [0.3, 0.4) is 0 Å². The van der Waals surface area contributed by atoms with Gasteiger partial charge in [0.15, 0.2) is 5.78 Å². The van der Waals surface area contributed by atoms with Crippen molar-refractivity contribution < 1.29 is 27.5 Å². The minimum absolute atomic E-state index is 0.00539. The number of amides is 1. The summed E-state index contributed by atoms with van der Waals surface area (Å²) in [5, 5.41) is 2.56. The normalized spacial score (nSPS) is 14.0. The third-order valence-electron chi connectivity index (χ3n) is 7.81. The Morgan fingerprint density at radius 2 is 1.67 bits per heavy atom. The molecule has 1 aliphatic heterocycles. The molecule has 2 aromatic heterocycles. The van der Waals surface area contributed by atoms with Crippen molar-refractivity contribution in [2.24, 2.45) is 0 Å². The summed E-state index contributed by atoms with van der Waals surface area (Å²) in [5.74, 6) is -1.08. The molecular formula is C33H27F2N3O4. The molecule has 42 heavy (non-hydrogen) atoms. The summed E-state index contributed by atoms with van der Waals surface area (Å²) in [7, 11) is 1.44. The van der Waals surface area contributed by atoms with Gasteiger partial charge in [0.25, 0.3) is 5.91 Å². The van der Waals surface area contributed by atoms with E-state index in [1.807, 2.05) is 19.9 Å². The van der Waals surface area contributed by atoms with Gasteiger partial charge >= 0.3 is 0 Å². The SMILES string of the molecule is CNC(=O)c1c(-c2ccc(F)cc2)oc2ccc(-c3cc(C(=O)CC4(c5ncccn5)COC4)c(C)cc3C)c(F)c12. The molecule has 1 saturated heterocycles. The number of rotatable bonds is 7. The van der Waals surface area contributed by atoms with E-state index in [9.17, 15) is 14.0 Å². The van der Waals surface area contributed by atoms with E-state index in [1.54, 1.807) is 36.7 Å². The molecule has 0 aliphatic carbocycles. The Hall–Kier alpha value is -4.76. The van der Waals surface area contributed by atoms with Gasteiger partial charge in [0.05, 0.1) is 29.6 Å². The van der Waals surface area contributed by atoms with E-state index >= 15 is 4.39 Å². The Morgan fingerprint density at radius 1 is 0.952 bits per heavy atom. The molecule has 1 N–H and O–H groups in total. The lowest BCUT2D eigenvalue weighted by Crippen LogP contribution is -2.49. The number of fused-ring (bicyclic) bond motifs is 1. The monoisotopic (exact) mass is 567 g/mol. The number of carbonyl (C=O) groups excluding carboxylic acids is 2. The summed E-state index contributed by atoms with van der Waals surface area (Å²) >= 11 is 0. The van der Waals surface area contributed by atoms with Crippen molar-refractivity contribution >= 4 is 22.7 Å². The van der Waals surface area contributed by atoms with Gasteiger partial charge in [-0.15, -0.1) is 0 Å². The quantitative estimate of drug-likeness (QED) is 0.230. The average molecular weight is 568 g/mol. The summed E-state index contributed by atoms with van der Waals surface area (Å²) in [6.45, 7) is 4.37. The van der Waals surface area contributed by atoms with Gasteiger partial charge in [0, 0.05) is 42.6 Å². The first-order chi connectivity index (χ1) is 20.2. The zero-order valence-electron chi connectivity index (χ0n) is 23.3. The van der Waals surface area contributed by atoms with Gasteiger partial charge in [-0.1, -0.05) is 6.07 Å². The van der Waals surface area contributed by atoms with Gasteiger partial charge in [-0.25, -0.2) is 18.7 Å². The predicted octanol–water partition coefficient (Wildman–Crippen LogP) is 6.35. The third-order valence-corrected chi connectivity index (χ3v) is 7.81. The number of nitrogens with zero attached hydrogens (tertiary/aromatic N) is 2. The number of ketones is 1. The maximum Gasteiger partial charge on any atom is 0.255 e. The molecule has 5 aromatic rings. The van der Waals surface area contributed by atoms with E-state index < -0.39 is 23.0 Å². The van der Waals surface area contributed by atoms with Crippen molar-refractivity contribution in [3.8, 4) is 22.5 Å². The van der Waals surface area contributed by atoms with Gasteiger partial charge in [0.2, 0.25) is 0 Å². The molecule has 9 heteroatoms. The number of furan rings is 1. The van der Waals surface area contributed by atoms with E-state index in [2.05, 4.69) is 15.3 Å². The summed E-state index contributed by atoms with van der Waals surface area (Å²) in [6.07, 6.45) is 3.43. The molecule has 3 aromatic carbocycles. The third kappa shape index (κ3) is 4.55. The Bertz CT molecular complexity index is 1850. The van der Waals surface area contributed by atoms with Crippen LogP contribution in [0.4, 0.5) is 8.78 Å². The number of Topliss-reactive ketones (excluding diaryl/α,β-unsaturated/α-hetero) is 1. The van der Waals surface area contributed by atoms with E-state index in [0.29, 0.717) is 35.7 Å². The second kappa shape index (κ2) is 10.6. The fourth-order valence-electron chi connectivity index (χ4n) is 5.58. The van der Waals surface area contributed by atoms with E-state index in [4.69, 9.17) is 9.15 Å². The van der Waals surface area contributed by atoms with Crippen LogP contribution in [0.15, 0.2) is 71.4 Å². The van der Waals surface area contributed by atoms with E-state index in [1.165, 1.54) is 31.3 Å². The molecule has 1 aliphatic rings. The fourth-order valence-corrected chi connectivity index (χ4v) is 5.58.